The molecule has 0 radical (unpaired) electrons. The maximum Gasteiger partial charge on any atom is 0.219 e. The summed E-state index contributed by atoms with van der Waals surface area (Å²) in [6, 6.07) is 14.1. The van der Waals surface area contributed by atoms with Crippen molar-refractivity contribution in [1.29, 1.82) is 0 Å². The van der Waals surface area contributed by atoms with Crippen molar-refractivity contribution in [3.05, 3.63) is 68.8 Å². The van der Waals surface area contributed by atoms with Gasteiger partial charge in [-0.05, 0) is 36.8 Å². The van der Waals surface area contributed by atoms with Gasteiger partial charge in [0.05, 0.1) is 18.3 Å². The average Bonchev–Trinajstić information content (AvgIpc) is 3.24. The van der Waals surface area contributed by atoms with Crippen LogP contribution in [0.25, 0.3) is 11.3 Å². The zero-order valence-corrected chi connectivity index (χ0v) is 23.7. The Labute approximate surface area is 231 Å². The number of fused-ring (bicyclic) bond motifs is 1. The number of rotatable bonds is 6. The monoisotopic (exact) mass is 585 g/mol. The summed E-state index contributed by atoms with van der Waals surface area (Å²) in [5.74, 6) is 0.0762. The van der Waals surface area contributed by atoms with Gasteiger partial charge in [0.1, 0.15) is 0 Å². The molecule has 7 nitrogen and oxygen atoms in total. The van der Waals surface area contributed by atoms with E-state index in [1.165, 1.54) is 11.3 Å². The van der Waals surface area contributed by atoms with Crippen LogP contribution in [0.1, 0.15) is 23.7 Å². The van der Waals surface area contributed by atoms with Crippen LogP contribution in [0.3, 0.4) is 0 Å². The molecule has 1 amide bonds. The topological polar surface area (TPSA) is 64.8 Å². The lowest BCUT2D eigenvalue weighted by atomic mass is 10.0. The van der Waals surface area contributed by atoms with Crippen molar-refractivity contribution in [2.75, 3.05) is 44.2 Å². The molecule has 0 aliphatic carbocycles. The Morgan fingerprint density at radius 2 is 1.81 bits per heavy atom. The van der Waals surface area contributed by atoms with Crippen LogP contribution in [0.5, 0.6) is 0 Å². The predicted octanol–water partition coefficient (Wildman–Crippen LogP) is 4.36. The van der Waals surface area contributed by atoms with Crippen molar-refractivity contribution in [2.45, 2.75) is 39.5 Å². The highest BCUT2D eigenvalue weighted by Gasteiger charge is 2.28. The van der Waals surface area contributed by atoms with E-state index >= 15 is 0 Å². The van der Waals surface area contributed by atoms with Gasteiger partial charge in [0, 0.05) is 91.2 Å². The quantitative estimate of drug-likeness (QED) is 0.465. The number of halogens is 2. The average molecular weight is 587 g/mol. The maximum absolute atomic E-state index is 12.1. The summed E-state index contributed by atoms with van der Waals surface area (Å²) in [5, 5.41) is 16.8. The summed E-state index contributed by atoms with van der Waals surface area (Å²) in [5.41, 5.74) is 6.54. The molecule has 2 aromatic carbocycles. The number of amides is 1. The van der Waals surface area contributed by atoms with Crippen LogP contribution >= 0.6 is 27.5 Å². The van der Waals surface area contributed by atoms with E-state index < -0.39 is 6.10 Å². The van der Waals surface area contributed by atoms with Crippen molar-refractivity contribution < 1.29 is 9.90 Å². The molecule has 9 heteroatoms. The number of aryl methyl sites for hydroxylation is 1. The van der Waals surface area contributed by atoms with Gasteiger partial charge in [0.15, 0.2) is 0 Å². The number of nitrogens with zero attached hydrogens (tertiary/aromatic N) is 5. The lowest BCUT2D eigenvalue weighted by molar-refractivity contribution is -0.129. The molecule has 1 N–H and O–H groups in total. The number of anilines is 1. The highest BCUT2D eigenvalue weighted by Crippen LogP contribution is 2.31. The first-order valence-corrected chi connectivity index (χ1v) is 14.0. The molecule has 37 heavy (non-hydrogen) atoms. The van der Waals surface area contributed by atoms with Crippen molar-refractivity contribution >= 4 is 39.1 Å². The third-order valence-corrected chi connectivity index (χ3v) is 8.20. The molecule has 2 aliphatic heterocycles. The fourth-order valence-electron chi connectivity index (χ4n) is 5.40. The standard InChI is InChI=1S/C28H33BrClN5O2/c1-19-3-8-23(30)15-27(19)33-13-11-32(12-14-33)16-24(37)17-35-26-9-10-34(20(2)36)18-25(26)28(31-35)21-4-6-22(29)7-5-21/h3-8,15,24,37H,9-14,16-18H2,1-2H3. The van der Waals surface area contributed by atoms with Gasteiger partial charge < -0.3 is 14.9 Å². The van der Waals surface area contributed by atoms with Crippen LogP contribution in [0.2, 0.25) is 5.02 Å². The summed E-state index contributed by atoms with van der Waals surface area (Å²) >= 11 is 9.74. The van der Waals surface area contributed by atoms with Gasteiger partial charge in [0.2, 0.25) is 5.91 Å². The number of β-amino-alcohol motifs (C(OH)–C–C–N with tert-alkyl or cyclic N) is 1. The fourth-order valence-corrected chi connectivity index (χ4v) is 5.83. The van der Waals surface area contributed by atoms with E-state index in [-0.39, 0.29) is 5.91 Å². The molecule has 1 fully saturated rings. The first-order chi connectivity index (χ1) is 17.8. The minimum absolute atomic E-state index is 0.0762. The highest BCUT2D eigenvalue weighted by molar-refractivity contribution is 9.10. The molecular weight excluding hydrogens is 554 g/mol. The third-order valence-electron chi connectivity index (χ3n) is 7.43. The first kappa shape index (κ1) is 26.2. The third kappa shape index (κ3) is 5.87. The van der Waals surface area contributed by atoms with E-state index in [4.69, 9.17) is 16.7 Å². The Morgan fingerprint density at radius 3 is 2.51 bits per heavy atom. The molecule has 0 spiro atoms. The molecule has 0 bridgehead atoms. The second-order valence-electron chi connectivity index (χ2n) is 10.0. The van der Waals surface area contributed by atoms with E-state index in [1.54, 1.807) is 6.92 Å². The predicted molar refractivity (Wildman–Crippen MR) is 151 cm³/mol. The Bertz CT molecular complexity index is 1270. The largest absolute Gasteiger partial charge is 0.390 e. The molecule has 1 atom stereocenters. The number of hydrogen-bond donors (Lipinski definition) is 1. The van der Waals surface area contributed by atoms with Crippen LogP contribution in [0.4, 0.5) is 5.69 Å². The number of aliphatic hydroxyl groups excluding tert-OH is 1. The number of aliphatic hydroxyl groups is 1. The molecule has 5 rings (SSSR count). The van der Waals surface area contributed by atoms with Crippen molar-refractivity contribution in [3.8, 4) is 11.3 Å². The van der Waals surface area contributed by atoms with Gasteiger partial charge >= 0.3 is 0 Å². The number of carbonyl (C=O) groups excluding carboxylic acids is 1. The van der Waals surface area contributed by atoms with Crippen LogP contribution in [-0.4, -0.2) is 76.0 Å². The smallest absolute Gasteiger partial charge is 0.219 e. The van der Waals surface area contributed by atoms with E-state index in [2.05, 4.69) is 38.7 Å². The van der Waals surface area contributed by atoms with E-state index in [1.807, 2.05) is 46.0 Å². The lowest BCUT2D eigenvalue weighted by Crippen LogP contribution is -2.49. The Kier molecular flexibility index (Phi) is 7.91. The number of carbonyl (C=O) groups is 1. The van der Waals surface area contributed by atoms with Crippen LogP contribution < -0.4 is 4.90 Å². The van der Waals surface area contributed by atoms with Gasteiger partial charge in [0.25, 0.3) is 0 Å². The summed E-state index contributed by atoms with van der Waals surface area (Å²) in [6.07, 6.45) is 0.204. The molecule has 0 saturated carbocycles. The SMILES string of the molecule is CC(=O)N1CCc2c(c(-c3ccc(Br)cc3)nn2CC(O)CN2CCN(c3cc(Cl)ccc3C)CC2)C1. The molecule has 1 aromatic heterocycles. The highest BCUT2D eigenvalue weighted by atomic mass is 79.9. The number of aromatic nitrogens is 2. The van der Waals surface area contributed by atoms with Crippen molar-refractivity contribution in [3.63, 3.8) is 0 Å². The van der Waals surface area contributed by atoms with E-state index in [9.17, 15) is 9.90 Å². The van der Waals surface area contributed by atoms with Gasteiger partial charge in [-0.2, -0.15) is 5.10 Å². The minimum atomic E-state index is -0.535. The number of piperazine rings is 1. The Morgan fingerprint density at radius 1 is 1.08 bits per heavy atom. The summed E-state index contributed by atoms with van der Waals surface area (Å²) < 4.78 is 2.98. The van der Waals surface area contributed by atoms with Gasteiger partial charge in [-0.15, -0.1) is 0 Å². The second-order valence-corrected chi connectivity index (χ2v) is 11.4. The maximum atomic E-state index is 12.1. The second kappa shape index (κ2) is 11.2. The van der Waals surface area contributed by atoms with Crippen LogP contribution in [0, 0.1) is 6.92 Å². The van der Waals surface area contributed by atoms with Gasteiger partial charge in [-0.1, -0.05) is 45.7 Å². The molecule has 1 unspecified atom stereocenters. The van der Waals surface area contributed by atoms with Crippen LogP contribution in [-0.2, 0) is 24.3 Å². The normalized spacial score (nSPS) is 17.1. The van der Waals surface area contributed by atoms with Crippen molar-refractivity contribution in [2.24, 2.45) is 0 Å². The minimum Gasteiger partial charge on any atom is -0.390 e. The summed E-state index contributed by atoms with van der Waals surface area (Å²) in [7, 11) is 0. The van der Waals surface area contributed by atoms with Crippen molar-refractivity contribution in [1.82, 2.24) is 19.6 Å². The summed E-state index contributed by atoms with van der Waals surface area (Å²) in [6.45, 7) is 9.58. The molecule has 3 heterocycles. The zero-order valence-electron chi connectivity index (χ0n) is 21.3. The number of benzene rings is 2. The van der Waals surface area contributed by atoms with Gasteiger partial charge in [-0.3, -0.25) is 14.4 Å². The molecule has 1 saturated heterocycles. The van der Waals surface area contributed by atoms with E-state index in [0.29, 0.717) is 26.2 Å². The van der Waals surface area contributed by atoms with Crippen LogP contribution in [0.15, 0.2) is 46.9 Å². The summed E-state index contributed by atoms with van der Waals surface area (Å²) in [4.78, 5) is 18.7. The Balaban J connectivity index is 1.27. The fraction of sp³-hybridized carbons (Fsp3) is 0.429. The zero-order chi connectivity index (χ0) is 26.1. The Hall–Kier alpha value is -2.39. The number of hydrogen-bond acceptors (Lipinski definition) is 5. The molecular formula is C28H33BrClN5O2. The molecule has 2 aliphatic rings. The first-order valence-electron chi connectivity index (χ1n) is 12.8. The molecule has 196 valence electrons. The van der Waals surface area contributed by atoms with E-state index in [0.717, 1.165) is 64.6 Å². The lowest BCUT2D eigenvalue weighted by Gasteiger charge is -2.37. The molecule has 3 aromatic rings. The van der Waals surface area contributed by atoms with Gasteiger partial charge in [-0.25, -0.2) is 0 Å².